The zero-order valence-corrected chi connectivity index (χ0v) is 10.6. The molecular weight excluding hydrogens is 253 g/mol. The average Bonchev–Trinajstić information content (AvgIpc) is 2.84. The molecule has 0 bridgehead atoms. The van der Waals surface area contributed by atoms with Gasteiger partial charge in [-0.2, -0.15) is 4.39 Å². The number of aryl methyl sites for hydroxylation is 1. The fourth-order valence-corrected chi connectivity index (χ4v) is 2.20. The fourth-order valence-electron chi connectivity index (χ4n) is 1.39. The molecule has 2 aromatic heterocycles. The van der Waals surface area contributed by atoms with Gasteiger partial charge in [0, 0.05) is 28.9 Å². The number of hydrogen-bond donors (Lipinski definition) is 1. The first-order valence-corrected chi connectivity index (χ1v) is 6.34. The molecule has 0 aliphatic carbocycles. The van der Waals surface area contributed by atoms with Crippen LogP contribution in [-0.4, -0.2) is 15.9 Å². The minimum absolute atomic E-state index is 0.259. The summed E-state index contributed by atoms with van der Waals surface area (Å²) in [7, 11) is 0. The molecule has 0 unspecified atom stereocenters. The maximum atomic E-state index is 12.8. The molecule has 4 nitrogen and oxygen atoms in total. The van der Waals surface area contributed by atoms with E-state index in [1.807, 2.05) is 0 Å². The Morgan fingerprint density at radius 2 is 2.33 bits per heavy atom. The lowest BCUT2D eigenvalue weighted by molar-refractivity contribution is 0.0950. The van der Waals surface area contributed by atoms with Crippen molar-refractivity contribution >= 4 is 17.2 Å². The molecule has 0 aliphatic heterocycles. The minimum Gasteiger partial charge on any atom is -0.346 e. The molecule has 0 aliphatic rings. The molecule has 0 saturated heterocycles. The first kappa shape index (κ1) is 12.6. The number of carbonyl (C=O) groups excluding carboxylic acids is 1. The van der Waals surface area contributed by atoms with Crippen molar-refractivity contribution in [2.75, 3.05) is 0 Å². The van der Waals surface area contributed by atoms with Gasteiger partial charge in [0.05, 0.1) is 6.54 Å². The van der Waals surface area contributed by atoms with Gasteiger partial charge in [-0.1, -0.05) is 6.92 Å². The van der Waals surface area contributed by atoms with Gasteiger partial charge in [0.1, 0.15) is 5.01 Å². The summed E-state index contributed by atoms with van der Waals surface area (Å²) in [5, 5.41) is 3.54. The smallest absolute Gasteiger partial charge is 0.251 e. The highest BCUT2D eigenvalue weighted by molar-refractivity contribution is 7.11. The lowest BCUT2D eigenvalue weighted by atomic mass is 10.2. The molecule has 2 heterocycles. The van der Waals surface area contributed by atoms with Crippen LogP contribution in [0.3, 0.4) is 0 Å². The largest absolute Gasteiger partial charge is 0.346 e. The highest BCUT2D eigenvalue weighted by Crippen LogP contribution is 2.13. The monoisotopic (exact) mass is 265 g/mol. The van der Waals surface area contributed by atoms with E-state index < -0.39 is 5.95 Å². The van der Waals surface area contributed by atoms with Crippen LogP contribution in [-0.2, 0) is 13.0 Å². The Labute approximate surface area is 108 Å². The van der Waals surface area contributed by atoms with Crippen molar-refractivity contribution in [3.8, 4) is 0 Å². The molecule has 0 radical (unpaired) electrons. The molecule has 2 aromatic rings. The Kier molecular flexibility index (Phi) is 3.99. The van der Waals surface area contributed by atoms with E-state index >= 15 is 0 Å². The normalized spacial score (nSPS) is 10.3. The SMILES string of the molecule is CCc1cnc(CNC(=O)c2ccnc(F)c2)s1. The van der Waals surface area contributed by atoms with E-state index in [4.69, 9.17) is 0 Å². The van der Waals surface area contributed by atoms with Gasteiger partial charge < -0.3 is 5.32 Å². The van der Waals surface area contributed by atoms with Gasteiger partial charge in [-0.05, 0) is 12.5 Å². The number of halogens is 1. The zero-order chi connectivity index (χ0) is 13.0. The number of rotatable bonds is 4. The number of hydrogen-bond acceptors (Lipinski definition) is 4. The van der Waals surface area contributed by atoms with Crippen LogP contribution in [0.15, 0.2) is 24.5 Å². The average molecular weight is 265 g/mol. The van der Waals surface area contributed by atoms with E-state index in [-0.39, 0.29) is 11.5 Å². The summed E-state index contributed by atoms with van der Waals surface area (Å²) in [6.07, 6.45) is 4.00. The Balaban J connectivity index is 1.96. The zero-order valence-electron chi connectivity index (χ0n) is 9.81. The van der Waals surface area contributed by atoms with Crippen molar-refractivity contribution in [1.29, 1.82) is 0 Å². The quantitative estimate of drug-likeness (QED) is 0.862. The van der Waals surface area contributed by atoms with Crippen molar-refractivity contribution in [1.82, 2.24) is 15.3 Å². The standard InChI is InChI=1S/C12H12FN3OS/c1-2-9-6-15-11(18-9)7-16-12(17)8-3-4-14-10(13)5-8/h3-6H,2,7H2,1H3,(H,16,17). The third-order valence-corrected chi connectivity index (χ3v) is 3.48. The summed E-state index contributed by atoms with van der Waals surface area (Å²) >= 11 is 1.56. The van der Waals surface area contributed by atoms with Gasteiger partial charge in [-0.15, -0.1) is 11.3 Å². The maximum absolute atomic E-state index is 12.8. The summed E-state index contributed by atoms with van der Waals surface area (Å²) in [5.74, 6) is -0.991. The molecular formula is C12H12FN3OS. The molecule has 0 fully saturated rings. The van der Waals surface area contributed by atoms with Gasteiger partial charge in [0.25, 0.3) is 5.91 Å². The lowest BCUT2D eigenvalue weighted by Crippen LogP contribution is -2.22. The number of nitrogens with one attached hydrogen (secondary N) is 1. The fraction of sp³-hybridized carbons (Fsp3) is 0.250. The Hall–Kier alpha value is -1.82. The first-order chi connectivity index (χ1) is 8.69. The summed E-state index contributed by atoms with van der Waals surface area (Å²) < 4.78 is 12.8. The summed E-state index contributed by atoms with van der Waals surface area (Å²) in [6.45, 7) is 2.41. The number of carbonyl (C=O) groups is 1. The molecule has 2 rings (SSSR count). The molecule has 18 heavy (non-hydrogen) atoms. The van der Waals surface area contributed by atoms with Gasteiger partial charge in [-0.3, -0.25) is 4.79 Å². The van der Waals surface area contributed by atoms with Crippen LogP contribution in [0.1, 0.15) is 27.2 Å². The molecule has 0 spiro atoms. The molecule has 94 valence electrons. The van der Waals surface area contributed by atoms with Gasteiger partial charge in [-0.25, -0.2) is 9.97 Å². The Bertz CT molecular complexity index is 556. The number of nitrogens with zero attached hydrogens (tertiary/aromatic N) is 2. The van der Waals surface area contributed by atoms with Crippen molar-refractivity contribution < 1.29 is 9.18 Å². The van der Waals surface area contributed by atoms with E-state index in [0.717, 1.165) is 17.5 Å². The predicted molar refractivity (Wildman–Crippen MR) is 66.9 cm³/mol. The van der Waals surface area contributed by atoms with E-state index in [1.165, 1.54) is 17.1 Å². The third-order valence-electron chi connectivity index (χ3n) is 2.34. The highest BCUT2D eigenvalue weighted by atomic mass is 32.1. The number of pyridine rings is 1. The van der Waals surface area contributed by atoms with Gasteiger partial charge >= 0.3 is 0 Å². The molecule has 0 atom stereocenters. The number of thiazole rings is 1. The summed E-state index contributed by atoms with van der Waals surface area (Å²) in [4.78, 5) is 20.5. The summed E-state index contributed by atoms with van der Waals surface area (Å²) in [6, 6.07) is 2.58. The highest BCUT2D eigenvalue weighted by Gasteiger charge is 2.08. The first-order valence-electron chi connectivity index (χ1n) is 5.52. The molecule has 0 saturated carbocycles. The van der Waals surface area contributed by atoms with Crippen LogP contribution in [0, 0.1) is 5.95 Å². The Morgan fingerprint density at radius 3 is 3.00 bits per heavy atom. The van der Waals surface area contributed by atoms with Crippen molar-refractivity contribution in [2.45, 2.75) is 19.9 Å². The van der Waals surface area contributed by atoms with Crippen LogP contribution in [0.25, 0.3) is 0 Å². The molecule has 0 aromatic carbocycles. The van der Waals surface area contributed by atoms with E-state index in [0.29, 0.717) is 6.54 Å². The topological polar surface area (TPSA) is 54.9 Å². The maximum Gasteiger partial charge on any atom is 0.251 e. The number of aromatic nitrogens is 2. The van der Waals surface area contributed by atoms with E-state index in [9.17, 15) is 9.18 Å². The van der Waals surface area contributed by atoms with Crippen molar-refractivity contribution in [2.24, 2.45) is 0 Å². The van der Waals surface area contributed by atoms with Gasteiger partial charge in [0.2, 0.25) is 5.95 Å². The molecule has 1 amide bonds. The van der Waals surface area contributed by atoms with Crippen molar-refractivity contribution in [3.05, 3.63) is 45.9 Å². The van der Waals surface area contributed by atoms with Crippen LogP contribution in [0.2, 0.25) is 0 Å². The second kappa shape index (κ2) is 5.68. The molecule has 1 N–H and O–H groups in total. The van der Waals surface area contributed by atoms with Gasteiger partial charge in [0.15, 0.2) is 0 Å². The van der Waals surface area contributed by atoms with Crippen LogP contribution >= 0.6 is 11.3 Å². The third kappa shape index (κ3) is 3.10. The van der Waals surface area contributed by atoms with Crippen molar-refractivity contribution in [3.63, 3.8) is 0 Å². The van der Waals surface area contributed by atoms with E-state index in [2.05, 4.69) is 22.2 Å². The van der Waals surface area contributed by atoms with E-state index in [1.54, 1.807) is 17.5 Å². The second-order valence-electron chi connectivity index (χ2n) is 3.62. The van der Waals surface area contributed by atoms with Crippen LogP contribution in [0.5, 0.6) is 0 Å². The summed E-state index contributed by atoms with van der Waals surface area (Å²) in [5.41, 5.74) is 0.259. The predicted octanol–water partition coefficient (Wildman–Crippen LogP) is 2.17. The molecule has 6 heteroatoms. The van der Waals surface area contributed by atoms with Crippen LogP contribution in [0.4, 0.5) is 4.39 Å². The lowest BCUT2D eigenvalue weighted by Gasteiger charge is -2.02. The second-order valence-corrected chi connectivity index (χ2v) is 4.82. The Morgan fingerprint density at radius 1 is 1.50 bits per heavy atom. The van der Waals surface area contributed by atoms with Crippen LogP contribution < -0.4 is 5.32 Å². The minimum atomic E-state index is -0.662. The number of amides is 1.